The number of rotatable bonds is 3. The van der Waals surface area contributed by atoms with Gasteiger partial charge >= 0.3 is 0 Å². The van der Waals surface area contributed by atoms with Crippen LogP contribution in [0.15, 0.2) is 0 Å². The molecule has 0 spiro atoms. The summed E-state index contributed by atoms with van der Waals surface area (Å²) in [5.74, 6) is 1.60. The Bertz CT molecular complexity index is 98.0. The summed E-state index contributed by atoms with van der Waals surface area (Å²) in [5, 5.41) is 8.91. The van der Waals surface area contributed by atoms with E-state index in [9.17, 15) is 0 Å². The van der Waals surface area contributed by atoms with Crippen LogP contribution in [0.1, 0.15) is 45.4 Å². The molecule has 0 aromatic rings. The van der Waals surface area contributed by atoms with Crippen molar-refractivity contribution in [2.45, 2.75) is 45.4 Å². The van der Waals surface area contributed by atoms with E-state index in [1.165, 1.54) is 38.5 Å². The first-order valence-corrected chi connectivity index (χ1v) is 4.97. The number of hydrogen-bond acceptors (Lipinski definition) is 1. The van der Waals surface area contributed by atoms with Crippen molar-refractivity contribution in [1.82, 2.24) is 0 Å². The maximum absolute atomic E-state index is 8.91. The molecule has 0 aliphatic heterocycles. The molecule has 0 bridgehead atoms. The molecule has 0 amide bonds. The standard InChI is InChI=1S/C10H20O.Y/c1-2-3-9-4-6-10(8-11)7-5-9;/h9-11H,2-8H2,1H3;. The van der Waals surface area contributed by atoms with Crippen molar-refractivity contribution < 1.29 is 37.8 Å². The van der Waals surface area contributed by atoms with Crippen LogP contribution in [-0.4, -0.2) is 11.7 Å². The Morgan fingerprint density at radius 3 is 2.00 bits per heavy atom. The first-order valence-electron chi connectivity index (χ1n) is 4.97. The molecule has 1 fully saturated rings. The molecule has 0 aromatic carbocycles. The van der Waals surface area contributed by atoms with Gasteiger partial charge in [0.2, 0.25) is 0 Å². The Morgan fingerprint density at radius 2 is 1.58 bits per heavy atom. The number of hydrogen-bond donors (Lipinski definition) is 1. The molecule has 0 unspecified atom stereocenters. The molecule has 1 rings (SSSR count). The second-order valence-electron chi connectivity index (χ2n) is 3.86. The van der Waals surface area contributed by atoms with Gasteiger partial charge in [0.1, 0.15) is 0 Å². The van der Waals surface area contributed by atoms with Crippen molar-refractivity contribution in [3.8, 4) is 0 Å². The summed E-state index contributed by atoms with van der Waals surface area (Å²) in [4.78, 5) is 0. The third-order valence-electron chi connectivity index (χ3n) is 2.92. The fourth-order valence-electron chi connectivity index (χ4n) is 2.11. The van der Waals surface area contributed by atoms with Crippen LogP contribution in [0.3, 0.4) is 0 Å². The zero-order chi connectivity index (χ0) is 8.10. The number of aliphatic hydroxyl groups is 1. The van der Waals surface area contributed by atoms with Crippen molar-refractivity contribution in [2.75, 3.05) is 6.61 Å². The first kappa shape index (κ1) is 13.1. The first-order chi connectivity index (χ1) is 5.36. The second kappa shape index (κ2) is 7.47. The molecule has 1 radical (unpaired) electrons. The van der Waals surface area contributed by atoms with Gasteiger partial charge in [-0.1, -0.05) is 32.6 Å². The average molecular weight is 245 g/mol. The van der Waals surface area contributed by atoms with Crippen LogP contribution in [-0.2, 0) is 32.7 Å². The summed E-state index contributed by atoms with van der Waals surface area (Å²) >= 11 is 0. The second-order valence-corrected chi connectivity index (χ2v) is 3.86. The van der Waals surface area contributed by atoms with Gasteiger partial charge < -0.3 is 5.11 Å². The Kier molecular flexibility index (Phi) is 8.13. The molecule has 0 heterocycles. The number of aliphatic hydroxyl groups excluding tert-OH is 1. The zero-order valence-corrected chi connectivity index (χ0v) is 11.0. The molecular weight excluding hydrogens is 225 g/mol. The predicted molar refractivity (Wildman–Crippen MR) is 47.4 cm³/mol. The summed E-state index contributed by atoms with van der Waals surface area (Å²) in [6.07, 6.45) is 7.98. The molecule has 1 N–H and O–H groups in total. The van der Waals surface area contributed by atoms with Crippen LogP contribution in [0, 0.1) is 11.8 Å². The van der Waals surface area contributed by atoms with Crippen LogP contribution >= 0.6 is 0 Å². The Hall–Kier alpha value is 1.06. The van der Waals surface area contributed by atoms with Crippen molar-refractivity contribution in [1.29, 1.82) is 0 Å². The van der Waals surface area contributed by atoms with E-state index in [4.69, 9.17) is 5.11 Å². The maximum Gasteiger partial charge on any atom is 0.0459 e. The Morgan fingerprint density at radius 1 is 1.08 bits per heavy atom. The van der Waals surface area contributed by atoms with E-state index < -0.39 is 0 Å². The third-order valence-corrected chi connectivity index (χ3v) is 2.92. The minimum absolute atomic E-state index is 0. The van der Waals surface area contributed by atoms with Gasteiger partial charge in [0.05, 0.1) is 0 Å². The monoisotopic (exact) mass is 245 g/mol. The van der Waals surface area contributed by atoms with Crippen LogP contribution in [0.2, 0.25) is 0 Å². The maximum atomic E-state index is 8.91. The van der Waals surface area contributed by atoms with Crippen molar-refractivity contribution in [3.05, 3.63) is 0 Å². The summed E-state index contributed by atoms with van der Waals surface area (Å²) in [5.41, 5.74) is 0. The predicted octanol–water partition coefficient (Wildman–Crippen LogP) is 2.58. The molecule has 0 saturated heterocycles. The van der Waals surface area contributed by atoms with E-state index >= 15 is 0 Å². The van der Waals surface area contributed by atoms with E-state index in [0.29, 0.717) is 12.5 Å². The SMILES string of the molecule is CCCC1CCC(CO)CC1.[Y]. The fourth-order valence-corrected chi connectivity index (χ4v) is 2.11. The molecule has 0 atom stereocenters. The molecule has 1 saturated carbocycles. The topological polar surface area (TPSA) is 20.2 Å². The summed E-state index contributed by atoms with van der Waals surface area (Å²) < 4.78 is 0. The van der Waals surface area contributed by atoms with Gasteiger partial charge in [-0.05, 0) is 24.7 Å². The van der Waals surface area contributed by atoms with E-state index in [1.54, 1.807) is 0 Å². The zero-order valence-electron chi connectivity index (χ0n) is 8.13. The van der Waals surface area contributed by atoms with E-state index in [0.717, 1.165) is 5.92 Å². The van der Waals surface area contributed by atoms with Crippen molar-refractivity contribution in [2.24, 2.45) is 11.8 Å². The van der Waals surface area contributed by atoms with Gasteiger partial charge in [-0.25, -0.2) is 0 Å². The Balaban J connectivity index is 0.00000121. The third kappa shape index (κ3) is 4.34. The minimum Gasteiger partial charge on any atom is -0.396 e. The van der Waals surface area contributed by atoms with Gasteiger partial charge in [0, 0.05) is 39.3 Å². The van der Waals surface area contributed by atoms with Crippen LogP contribution < -0.4 is 0 Å². The summed E-state index contributed by atoms with van der Waals surface area (Å²) in [7, 11) is 0. The molecule has 12 heavy (non-hydrogen) atoms. The van der Waals surface area contributed by atoms with Gasteiger partial charge in [-0.2, -0.15) is 0 Å². The summed E-state index contributed by atoms with van der Waals surface area (Å²) in [6.45, 7) is 2.68. The van der Waals surface area contributed by atoms with E-state index in [2.05, 4.69) is 6.92 Å². The molecule has 0 aromatic heterocycles. The van der Waals surface area contributed by atoms with Crippen LogP contribution in [0.5, 0.6) is 0 Å². The van der Waals surface area contributed by atoms with E-state index in [1.807, 2.05) is 0 Å². The smallest absolute Gasteiger partial charge is 0.0459 e. The summed E-state index contributed by atoms with van der Waals surface area (Å²) in [6, 6.07) is 0. The van der Waals surface area contributed by atoms with Gasteiger partial charge in [0.15, 0.2) is 0 Å². The van der Waals surface area contributed by atoms with Gasteiger partial charge in [0.25, 0.3) is 0 Å². The van der Waals surface area contributed by atoms with Crippen molar-refractivity contribution >= 4 is 0 Å². The molecule has 1 nitrogen and oxygen atoms in total. The minimum atomic E-state index is 0. The van der Waals surface area contributed by atoms with Crippen LogP contribution in [0.25, 0.3) is 0 Å². The Labute approximate surface area is 101 Å². The normalized spacial score (nSPS) is 29.5. The van der Waals surface area contributed by atoms with Gasteiger partial charge in [-0.3, -0.25) is 0 Å². The molecule has 2 heteroatoms. The molecule has 69 valence electrons. The largest absolute Gasteiger partial charge is 0.396 e. The van der Waals surface area contributed by atoms with Gasteiger partial charge in [-0.15, -0.1) is 0 Å². The fraction of sp³-hybridized carbons (Fsp3) is 1.00. The molecule has 1 aliphatic rings. The molecule has 1 aliphatic carbocycles. The van der Waals surface area contributed by atoms with Crippen LogP contribution in [0.4, 0.5) is 0 Å². The van der Waals surface area contributed by atoms with Crippen molar-refractivity contribution in [3.63, 3.8) is 0 Å². The molecular formula is C10H20OY. The van der Waals surface area contributed by atoms with E-state index in [-0.39, 0.29) is 32.7 Å². The average Bonchev–Trinajstić information content (AvgIpc) is 2.07. The quantitative estimate of drug-likeness (QED) is 0.810.